The summed E-state index contributed by atoms with van der Waals surface area (Å²) in [5, 5.41) is 15.4. The summed E-state index contributed by atoms with van der Waals surface area (Å²) in [6.07, 6.45) is 1.98. The third-order valence-corrected chi connectivity index (χ3v) is 5.16. The predicted octanol–water partition coefficient (Wildman–Crippen LogP) is 4.81. The van der Waals surface area contributed by atoms with Crippen LogP contribution in [0, 0.1) is 0 Å². The Hall–Kier alpha value is -4.11. The minimum atomic E-state index is -1.17. The lowest BCUT2D eigenvalue weighted by molar-refractivity contribution is 0.210. The van der Waals surface area contributed by atoms with E-state index in [9.17, 15) is 9.59 Å². The first-order valence-electron chi connectivity index (χ1n) is 10.0. The molecule has 0 aliphatic heterocycles. The molecule has 0 bridgehead atoms. The van der Waals surface area contributed by atoms with Crippen LogP contribution in [0.25, 0.3) is 10.9 Å². The van der Waals surface area contributed by atoms with Gasteiger partial charge in [0.1, 0.15) is 18.2 Å². The monoisotopic (exact) mass is 465 g/mol. The van der Waals surface area contributed by atoms with Gasteiger partial charge in [0.25, 0.3) is 5.56 Å². The van der Waals surface area contributed by atoms with Crippen molar-refractivity contribution in [1.82, 2.24) is 15.0 Å². The Morgan fingerprint density at radius 1 is 1.18 bits per heavy atom. The molecule has 0 saturated heterocycles. The molecule has 3 heterocycles. The minimum absolute atomic E-state index is 0.248. The molecule has 0 saturated carbocycles. The van der Waals surface area contributed by atoms with E-state index >= 15 is 0 Å². The molecule has 168 valence electrons. The molecule has 33 heavy (non-hydrogen) atoms. The van der Waals surface area contributed by atoms with E-state index in [0.29, 0.717) is 33.4 Å². The number of H-pyrrole nitrogens is 1. The fourth-order valence-corrected chi connectivity index (χ4v) is 3.53. The number of benzene rings is 1. The Morgan fingerprint density at radius 3 is 2.79 bits per heavy atom. The quantitative estimate of drug-likeness (QED) is 0.308. The highest BCUT2D eigenvalue weighted by atomic mass is 35.5. The lowest BCUT2D eigenvalue weighted by Gasteiger charge is -2.16. The topological polar surface area (TPSA) is 129 Å². The fraction of sp³-hybridized carbons (Fsp3) is 0.130. The molecule has 10 heteroatoms. The van der Waals surface area contributed by atoms with Gasteiger partial charge in [-0.25, -0.2) is 9.78 Å². The molecule has 0 aliphatic rings. The standard InChI is InChI=1S/C23H20ClN5O4/c1-13(27-21-10-15(5-7-26-21)28-23(31)32)17-8-14-9-18(24)20(11-19(14)29-22(17)30)33-12-16-4-2-3-6-25-16/h2-11,13H,12H2,1H3,(H,29,30)(H,31,32)(H2,26,27,28)/t13-/m0/s1. The molecule has 0 radical (unpaired) electrons. The fourth-order valence-electron chi connectivity index (χ4n) is 3.30. The predicted molar refractivity (Wildman–Crippen MR) is 126 cm³/mol. The molecule has 0 unspecified atom stereocenters. The average Bonchev–Trinajstić information content (AvgIpc) is 2.78. The summed E-state index contributed by atoms with van der Waals surface area (Å²) < 4.78 is 5.78. The van der Waals surface area contributed by atoms with Crippen molar-refractivity contribution in [2.45, 2.75) is 19.6 Å². The minimum Gasteiger partial charge on any atom is -0.486 e. The molecule has 0 fully saturated rings. The zero-order valence-corrected chi connectivity index (χ0v) is 18.3. The Labute approximate surface area is 193 Å². The van der Waals surface area contributed by atoms with Crippen molar-refractivity contribution in [2.24, 2.45) is 0 Å². The number of carboxylic acid groups (broad SMARTS) is 1. The van der Waals surface area contributed by atoms with E-state index in [1.807, 2.05) is 18.2 Å². The summed E-state index contributed by atoms with van der Waals surface area (Å²) in [7, 11) is 0. The van der Waals surface area contributed by atoms with Crippen molar-refractivity contribution < 1.29 is 14.6 Å². The number of aromatic amines is 1. The first kappa shape index (κ1) is 22.1. The summed E-state index contributed by atoms with van der Waals surface area (Å²) in [5.74, 6) is 0.862. The molecule has 4 aromatic rings. The smallest absolute Gasteiger partial charge is 0.409 e. The number of hydrogen-bond acceptors (Lipinski definition) is 6. The van der Waals surface area contributed by atoms with Crippen molar-refractivity contribution in [3.63, 3.8) is 0 Å². The second-order valence-corrected chi connectivity index (χ2v) is 7.67. The lowest BCUT2D eigenvalue weighted by atomic mass is 10.1. The van der Waals surface area contributed by atoms with Gasteiger partial charge in [-0.2, -0.15) is 0 Å². The summed E-state index contributed by atoms with van der Waals surface area (Å²) in [5.41, 5.74) is 1.90. The van der Waals surface area contributed by atoms with Crippen LogP contribution in [0.4, 0.5) is 16.3 Å². The number of nitrogens with zero attached hydrogens (tertiary/aromatic N) is 2. The molecule has 0 spiro atoms. The van der Waals surface area contributed by atoms with Crippen LogP contribution in [-0.2, 0) is 6.61 Å². The second-order valence-electron chi connectivity index (χ2n) is 7.26. The SMILES string of the molecule is C[C@H](Nc1cc(NC(=O)O)ccn1)c1cc2cc(Cl)c(OCc3ccccn3)cc2[nH]c1=O. The number of aromatic nitrogens is 3. The van der Waals surface area contributed by atoms with Gasteiger partial charge in [-0.05, 0) is 37.3 Å². The molecule has 4 N–H and O–H groups in total. The van der Waals surface area contributed by atoms with Crippen molar-refractivity contribution >= 4 is 40.1 Å². The van der Waals surface area contributed by atoms with Gasteiger partial charge in [0.2, 0.25) is 0 Å². The maximum absolute atomic E-state index is 12.8. The molecule has 0 aliphatic carbocycles. The molecule has 1 atom stereocenters. The number of ether oxygens (including phenoxy) is 1. The van der Waals surface area contributed by atoms with Crippen LogP contribution in [0.5, 0.6) is 5.75 Å². The van der Waals surface area contributed by atoms with Gasteiger partial charge in [-0.15, -0.1) is 0 Å². The van der Waals surface area contributed by atoms with Crippen LogP contribution in [0.15, 0.2) is 65.7 Å². The van der Waals surface area contributed by atoms with Gasteiger partial charge in [-0.1, -0.05) is 17.7 Å². The van der Waals surface area contributed by atoms with E-state index in [1.165, 1.54) is 12.3 Å². The van der Waals surface area contributed by atoms with Crippen molar-refractivity contribution in [1.29, 1.82) is 0 Å². The lowest BCUT2D eigenvalue weighted by Crippen LogP contribution is -2.20. The van der Waals surface area contributed by atoms with Crippen molar-refractivity contribution in [3.8, 4) is 5.75 Å². The van der Waals surface area contributed by atoms with Crippen LogP contribution in [0.1, 0.15) is 24.2 Å². The first-order valence-corrected chi connectivity index (χ1v) is 10.4. The highest BCUT2D eigenvalue weighted by molar-refractivity contribution is 6.32. The number of pyridine rings is 3. The van der Waals surface area contributed by atoms with E-state index < -0.39 is 12.1 Å². The Kier molecular flexibility index (Phi) is 6.41. The number of rotatable bonds is 7. The van der Waals surface area contributed by atoms with Gasteiger partial charge in [0.15, 0.2) is 0 Å². The summed E-state index contributed by atoms with van der Waals surface area (Å²) in [4.78, 5) is 34.9. The third kappa shape index (κ3) is 5.39. The molecule has 4 rings (SSSR count). The Bertz CT molecular complexity index is 1360. The summed E-state index contributed by atoms with van der Waals surface area (Å²) >= 11 is 6.41. The van der Waals surface area contributed by atoms with Crippen molar-refractivity contribution in [2.75, 3.05) is 10.6 Å². The highest BCUT2D eigenvalue weighted by Gasteiger charge is 2.14. The zero-order chi connectivity index (χ0) is 23.4. The van der Waals surface area contributed by atoms with Gasteiger partial charge in [-0.3, -0.25) is 15.1 Å². The van der Waals surface area contributed by atoms with Gasteiger partial charge in [0.05, 0.1) is 22.3 Å². The third-order valence-electron chi connectivity index (χ3n) is 4.87. The van der Waals surface area contributed by atoms with Gasteiger partial charge < -0.3 is 20.1 Å². The number of fused-ring (bicyclic) bond motifs is 1. The number of hydrogen-bond donors (Lipinski definition) is 4. The molecule has 9 nitrogen and oxygen atoms in total. The highest BCUT2D eigenvalue weighted by Crippen LogP contribution is 2.30. The van der Waals surface area contributed by atoms with E-state index in [4.69, 9.17) is 21.4 Å². The molecular weight excluding hydrogens is 446 g/mol. The molecule has 1 aromatic carbocycles. The maximum Gasteiger partial charge on any atom is 0.409 e. The Balaban J connectivity index is 1.56. The zero-order valence-electron chi connectivity index (χ0n) is 17.5. The normalized spacial score (nSPS) is 11.7. The molecule has 1 amide bonds. The first-order chi connectivity index (χ1) is 15.9. The summed E-state index contributed by atoms with van der Waals surface area (Å²) in [6.45, 7) is 2.06. The molecule has 3 aromatic heterocycles. The average molecular weight is 466 g/mol. The van der Waals surface area contributed by atoms with Gasteiger partial charge in [0, 0.05) is 41.2 Å². The number of carbonyl (C=O) groups is 1. The number of anilines is 2. The largest absolute Gasteiger partial charge is 0.486 e. The number of amides is 1. The number of nitrogens with one attached hydrogen (secondary N) is 3. The Morgan fingerprint density at radius 2 is 2.03 bits per heavy atom. The van der Waals surface area contributed by atoms with E-state index in [-0.39, 0.29) is 12.2 Å². The number of halogens is 1. The van der Waals surface area contributed by atoms with E-state index in [1.54, 1.807) is 37.4 Å². The van der Waals surface area contributed by atoms with Crippen LogP contribution in [-0.4, -0.2) is 26.2 Å². The van der Waals surface area contributed by atoms with Crippen molar-refractivity contribution in [3.05, 3.63) is 87.6 Å². The van der Waals surface area contributed by atoms with Crippen LogP contribution >= 0.6 is 11.6 Å². The van der Waals surface area contributed by atoms with Crippen LogP contribution in [0.3, 0.4) is 0 Å². The van der Waals surface area contributed by atoms with Crippen LogP contribution in [0.2, 0.25) is 5.02 Å². The second kappa shape index (κ2) is 9.58. The summed E-state index contributed by atoms with van der Waals surface area (Å²) in [6, 6.07) is 13.4. The van der Waals surface area contributed by atoms with E-state index in [2.05, 4.69) is 25.6 Å². The maximum atomic E-state index is 12.8. The van der Waals surface area contributed by atoms with Gasteiger partial charge >= 0.3 is 6.09 Å². The van der Waals surface area contributed by atoms with E-state index in [0.717, 1.165) is 11.1 Å². The molecular formula is C23H20ClN5O4. The van der Waals surface area contributed by atoms with Crippen LogP contribution < -0.4 is 20.9 Å².